The average molecular weight is 269 g/mol. The maximum Gasteiger partial charge on any atom is 0.211 e. The Kier molecular flexibility index (Phi) is 2.93. The summed E-state index contributed by atoms with van der Waals surface area (Å²) < 4.78 is 5.39. The number of phenols is 1. The van der Waals surface area contributed by atoms with E-state index in [-0.39, 0.29) is 11.3 Å². The van der Waals surface area contributed by atoms with Gasteiger partial charge in [0.2, 0.25) is 5.55 Å². The van der Waals surface area contributed by atoms with Crippen LogP contribution in [0, 0.1) is 10.8 Å². The summed E-state index contributed by atoms with van der Waals surface area (Å²) in [5.74, 6) is 0.215. The molecule has 0 saturated carbocycles. The molecule has 3 heteroatoms. The molecule has 2 aromatic rings. The number of phenolic OH excluding ortho intramolecular Hbond substituents is 1. The second kappa shape index (κ2) is 4.51. The summed E-state index contributed by atoms with van der Waals surface area (Å²) in [6, 6.07) is 6.99. The van der Waals surface area contributed by atoms with Crippen molar-refractivity contribution in [3.63, 3.8) is 0 Å². The minimum atomic E-state index is 0.104. The van der Waals surface area contributed by atoms with E-state index in [1.165, 1.54) is 5.57 Å². The third-order valence-corrected chi connectivity index (χ3v) is 4.08. The van der Waals surface area contributed by atoms with E-state index < -0.39 is 0 Å². The summed E-state index contributed by atoms with van der Waals surface area (Å²) in [6.45, 7) is 4.56. The van der Waals surface area contributed by atoms with Crippen LogP contribution in [-0.2, 0) is 0 Å². The van der Waals surface area contributed by atoms with Gasteiger partial charge in [0.05, 0.1) is 5.39 Å². The van der Waals surface area contributed by atoms with Gasteiger partial charge < -0.3 is 9.52 Å². The van der Waals surface area contributed by atoms with E-state index in [1.54, 1.807) is 18.2 Å². The highest BCUT2D eigenvalue weighted by molar-refractivity contribution is 5.87. The first-order chi connectivity index (χ1) is 9.44. The van der Waals surface area contributed by atoms with Crippen molar-refractivity contribution in [3.8, 4) is 5.75 Å². The Hall–Kier alpha value is -2.03. The van der Waals surface area contributed by atoms with Crippen LogP contribution in [0.25, 0.3) is 16.5 Å². The molecule has 1 heterocycles. The molecule has 20 heavy (non-hydrogen) atoms. The highest BCUT2D eigenvalue weighted by Crippen LogP contribution is 2.39. The van der Waals surface area contributed by atoms with Gasteiger partial charge in [-0.15, -0.1) is 0 Å². The molecular weight excluding hydrogens is 250 g/mol. The predicted molar refractivity (Wildman–Crippen MR) is 79.3 cm³/mol. The lowest BCUT2D eigenvalue weighted by Gasteiger charge is -2.28. The molecule has 1 aromatic carbocycles. The van der Waals surface area contributed by atoms with Crippen LogP contribution in [0.5, 0.6) is 5.75 Å². The smallest absolute Gasteiger partial charge is 0.211 e. The van der Waals surface area contributed by atoms with E-state index in [0.29, 0.717) is 16.4 Å². The van der Waals surface area contributed by atoms with E-state index >= 15 is 0 Å². The molecule has 1 aliphatic rings. The normalized spacial score (nSPS) is 18.0. The summed E-state index contributed by atoms with van der Waals surface area (Å²) in [7, 11) is 0. The molecular formula is C17H19NO2. The molecule has 0 bridgehead atoms. The number of hydrogen-bond acceptors (Lipinski definition) is 3. The monoisotopic (exact) mass is 269 g/mol. The SMILES string of the molecule is CC1(C)CC=C(c2cc(O)c3ccc(=N)oc3c2)CC1. The van der Waals surface area contributed by atoms with Crippen molar-refractivity contribution >= 4 is 16.5 Å². The van der Waals surface area contributed by atoms with E-state index in [2.05, 4.69) is 19.9 Å². The van der Waals surface area contributed by atoms with Crippen LogP contribution in [0.3, 0.4) is 0 Å². The summed E-state index contributed by atoms with van der Waals surface area (Å²) in [5, 5.41) is 18.3. The summed E-state index contributed by atoms with van der Waals surface area (Å²) in [6.07, 6.45) is 5.47. The van der Waals surface area contributed by atoms with E-state index in [1.807, 2.05) is 6.07 Å². The molecule has 3 rings (SSSR count). The summed E-state index contributed by atoms with van der Waals surface area (Å²) >= 11 is 0. The van der Waals surface area contributed by atoms with E-state index in [9.17, 15) is 5.11 Å². The van der Waals surface area contributed by atoms with Crippen molar-refractivity contribution < 1.29 is 9.52 Å². The number of allylic oxidation sites excluding steroid dienone is 2. The fraction of sp³-hybridized carbons (Fsp3) is 0.353. The predicted octanol–water partition coefficient (Wildman–Crippen LogP) is 4.21. The third-order valence-electron chi connectivity index (χ3n) is 4.08. The third kappa shape index (κ3) is 2.36. The number of rotatable bonds is 1. The fourth-order valence-corrected chi connectivity index (χ4v) is 2.70. The van der Waals surface area contributed by atoms with Crippen LogP contribution >= 0.6 is 0 Å². The van der Waals surface area contributed by atoms with Crippen molar-refractivity contribution in [1.82, 2.24) is 0 Å². The van der Waals surface area contributed by atoms with Crippen LogP contribution in [-0.4, -0.2) is 5.11 Å². The fourth-order valence-electron chi connectivity index (χ4n) is 2.70. The molecule has 1 aromatic heterocycles. The lowest BCUT2D eigenvalue weighted by atomic mass is 9.77. The molecule has 1 aliphatic carbocycles. The van der Waals surface area contributed by atoms with Crippen molar-refractivity contribution in [1.29, 1.82) is 5.41 Å². The van der Waals surface area contributed by atoms with Crippen LogP contribution in [0.2, 0.25) is 0 Å². The quantitative estimate of drug-likeness (QED) is 0.814. The van der Waals surface area contributed by atoms with Gasteiger partial charge in [-0.1, -0.05) is 19.9 Å². The molecule has 0 atom stereocenters. The van der Waals surface area contributed by atoms with Gasteiger partial charge in [-0.2, -0.15) is 0 Å². The zero-order valence-corrected chi connectivity index (χ0v) is 11.9. The maximum absolute atomic E-state index is 10.1. The minimum Gasteiger partial charge on any atom is -0.507 e. The molecule has 0 unspecified atom stereocenters. The van der Waals surface area contributed by atoms with Crippen LogP contribution in [0.15, 0.2) is 34.8 Å². The van der Waals surface area contributed by atoms with Crippen LogP contribution < -0.4 is 5.55 Å². The molecule has 0 aliphatic heterocycles. The summed E-state index contributed by atoms with van der Waals surface area (Å²) in [5.41, 5.74) is 3.29. The molecule has 0 radical (unpaired) electrons. The van der Waals surface area contributed by atoms with Gasteiger partial charge in [0.15, 0.2) is 0 Å². The zero-order valence-electron chi connectivity index (χ0n) is 11.9. The number of fused-ring (bicyclic) bond motifs is 1. The van der Waals surface area contributed by atoms with Gasteiger partial charge in [-0.05, 0) is 54.0 Å². The van der Waals surface area contributed by atoms with Crippen molar-refractivity contribution in [2.24, 2.45) is 5.41 Å². The van der Waals surface area contributed by atoms with Gasteiger partial charge >= 0.3 is 0 Å². The number of hydrogen-bond donors (Lipinski definition) is 2. The Bertz CT molecular complexity index is 753. The van der Waals surface area contributed by atoms with Gasteiger partial charge in [0, 0.05) is 6.07 Å². The Morgan fingerprint density at radius 3 is 2.75 bits per heavy atom. The van der Waals surface area contributed by atoms with Gasteiger partial charge in [0.1, 0.15) is 11.3 Å². The molecule has 3 nitrogen and oxygen atoms in total. The number of benzene rings is 1. The number of nitrogens with one attached hydrogen (secondary N) is 1. The Morgan fingerprint density at radius 2 is 2.05 bits per heavy atom. The van der Waals surface area contributed by atoms with Crippen LogP contribution in [0.4, 0.5) is 0 Å². The highest BCUT2D eigenvalue weighted by Gasteiger charge is 2.22. The van der Waals surface area contributed by atoms with Crippen molar-refractivity contribution in [3.05, 3.63) is 41.5 Å². The lowest BCUT2D eigenvalue weighted by Crippen LogP contribution is -2.14. The standard InChI is InChI=1S/C17H19NO2/c1-17(2)7-5-11(6-8-17)12-9-14(19)13-3-4-16(18)20-15(13)10-12/h3-5,9-10,18-19H,6-8H2,1-2H3. The maximum atomic E-state index is 10.1. The number of aromatic hydroxyl groups is 1. The van der Waals surface area contributed by atoms with Crippen molar-refractivity contribution in [2.45, 2.75) is 33.1 Å². The molecule has 0 fully saturated rings. The second-order valence-electron chi connectivity index (χ2n) is 6.30. The first kappa shape index (κ1) is 13.0. The first-order valence-electron chi connectivity index (χ1n) is 6.95. The molecule has 104 valence electrons. The zero-order chi connectivity index (χ0) is 14.3. The van der Waals surface area contributed by atoms with Crippen LogP contribution in [0.1, 0.15) is 38.7 Å². The molecule has 0 saturated heterocycles. The molecule has 0 amide bonds. The Balaban J connectivity index is 2.09. The van der Waals surface area contributed by atoms with E-state index in [4.69, 9.17) is 9.83 Å². The van der Waals surface area contributed by atoms with Crippen molar-refractivity contribution in [2.75, 3.05) is 0 Å². The Morgan fingerprint density at radius 1 is 1.25 bits per heavy atom. The second-order valence-corrected chi connectivity index (χ2v) is 6.30. The lowest BCUT2D eigenvalue weighted by molar-refractivity contribution is 0.335. The van der Waals surface area contributed by atoms with E-state index in [0.717, 1.165) is 24.8 Å². The van der Waals surface area contributed by atoms with Gasteiger partial charge in [0.25, 0.3) is 0 Å². The minimum absolute atomic E-state index is 0.104. The largest absolute Gasteiger partial charge is 0.507 e. The molecule has 0 spiro atoms. The molecule has 2 N–H and O–H groups in total. The van der Waals surface area contributed by atoms with Gasteiger partial charge in [-0.3, -0.25) is 5.41 Å². The summed E-state index contributed by atoms with van der Waals surface area (Å²) in [4.78, 5) is 0. The van der Waals surface area contributed by atoms with Gasteiger partial charge in [-0.25, -0.2) is 0 Å². The first-order valence-corrected chi connectivity index (χ1v) is 6.95. The average Bonchev–Trinajstić information content (AvgIpc) is 2.38. The highest BCUT2D eigenvalue weighted by atomic mass is 16.3. The Labute approximate surface area is 118 Å². The topological polar surface area (TPSA) is 57.2 Å².